The molecular formula is C23H23ClN4O3. The van der Waals surface area contributed by atoms with Gasteiger partial charge in [0, 0.05) is 11.6 Å². The molecular weight excluding hydrogens is 416 g/mol. The van der Waals surface area contributed by atoms with Crippen molar-refractivity contribution in [3.05, 3.63) is 70.6 Å². The Morgan fingerprint density at radius 2 is 2.06 bits per heavy atom. The molecule has 2 heterocycles. The van der Waals surface area contributed by atoms with Gasteiger partial charge in [-0.25, -0.2) is 9.78 Å². The number of hydrogen-bond acceptors (Lipinski definition) is 6. The molecule has 1 aliphatic heterocycles. The van der Waals surface area contributed by atoms with Gasteiger partial charge in [0.15, 0.2) is 0 Å². The van der Waals surface area contributed by atoms with E-state index in [2.05, 4.69) is 21.4 Å². The molecule has 160 valence electrons. The Kier molecular flexibility index (Phi) is 6.34. The number of aromatic nitrogens is 2. The van der Waals surface area contributed by atoms with E-state index >= 15 is 0 Å². The lowest BCUT2D eigenvalue weighted by atomic mass is 9.98. The largest absolute Gasteiger partial charge is 0.462 e. The summed E-state index contributed by atoms with van der Waals surface area (Å²) in [4.78, 5) is 20.9. The summed E-state index contributed by atoms with van der Waals surface area (Å²) in [5.74, 6) is 0.380. The zero-order chi connectivity index (χ0) is 21.8. The van der Waals surface area contributed by atoms with Crippen LogP contribution in [0.25, 0.3) is 11.1 Å². The monoisotopic (exact) mass is 438 g/mol. The minimum Gasteiger partial charge on any atom is -0.462 e. The molecule has 7 nitrogen and oxygen atoms in total. The molecule has 1 aliphatic rings. The van der Waals surface area contributed by atoms with Crippen LogP contribution < -0.4 is 5.32 Å². The SMILES string of the molecule is CCOC(=O)c1cc(CCn2cnc3c2NC=NCC3O)cc(-c2ccc(Cl)cc2)c1. The summed E-state index contributed by atoms with van der Waals surface area (Å²) in [7, 11) is 0. The molecule has 1 atom stereocenters. The molecule has 1 aromatic heterocycles. The first-order valence-electron chi connectivity index (χ1n) is 10.1. The van der Waals surface area contributed by atoms with Gasteiger partial charge in [0.1, 0.15) is 17.6 Å². The number of nitrogens with zero attached hydrogens (tertiary/aromatic N) is 3. The molecule has 8 heteroatoms. The lowest BCUT2D eigenvalue weighted by molar-refractivity contribution is 0.0526. The van der Waals surface area contributed by atoms with Crippen LogP contribution in [0.5, 0.6) is 0 Å². The summed E-state index contributed by atoms with van der Waals surface area (Å²) in [6, 6.07) is 13.3. The zero-order valence-corrected chi connectivity index (χ0v) is 17.8. The highest BCUT2D eigenvalue weighted by Crippen LogP contribution is 2.27. The van der Waals surface area contributed by atoms with Crippen LogP contribution in [0.15, 0.2) is 53.8 Å². The smallest absolute Gasteiger partial charge is 0.338 e. The van der Waals surface area contributed by atoms with Gasteiger partial charge in [0.2, 0.25) is 0 Å². The number of aliphatic hydroxyl groups excluding tert-OH is 1. The average molecular weight is 439 g/mol. The molecule has 0 saturated carbocycles. The number of aliphatic imine (C=N–C) groups is 1. The molecule has 2 N–H and O–H groups in total. The van der Waals surface area contributed by atoms with Crippen LogP contribution in [0.3, 0.4) is 0 Å². The molecule has 0 amide bonds. The maximum absolute atomic E-state index is 12.4. The number of carbonyl (C=O) groups excluding carboxylic acids is 1. The Morgan fingerprint density at radius 3 is 2.84 bits per heavy atom. The lowest BCUT2D eigenvalue weighted by Crippen LogP contribution is -2.09. The van der Waals surface area contributed by atoms with E-state index in [1.54, 1.807) is 19.6 Å². The number of esters is 1. The third-order valence-corrected chi connectivity index (χ3v) is 5.33. The Labute approximate surface area is 185 Å². The Hall–Kier alpha value is -3.16. The first-order chi connectivity index (χ1) is 15.0. The van der Waals surface area contributed by atoms with Crippen LogP contribution >= 0.6 is 11.6 Å². The van der Waals surface area contributed by atoms with Crippen molar-refractivity contribution in [2.24, 2.45) is 4.99 Å². The first kappa shape index (κ1) is 21.1. The number of nitrogens with one attached hydrogen (secondary N) is 1. The van der Waals surface area contributed by atoms with Gasteiger partial charge in [-0.15, -0.1) is 0 Å². The third-order valence-electron chi connectivity index (χ3n) is 5.08. The van der Waals surface area contributed by atoms with Gasteiger partial charge in [-0.2, -0.15) is 0 Å². The second-order valence-electron chi connectivity index (χ2n) is 7.22. The van der Waals surface area contributed by atoms with Gasteiger partial charge < -0.3 is 19.7 Å². The van der Waals surface area contributed by atoms with Crippen molar-refractivity contribution in [1.82, 2.24) is 9.55 Å². The number of halogens is 1. The number of benzene rings is 2. The van der Waals surface area contributed by atoms with Crippen molar-refractivity contribution in [3.8, 4) is 11.1 Å². The molecule has 0 saturated heterocycles. The van der Waals surface area contributed by atoms with Gasteiger partial charge in [-0.3, -0.25) is 4.99 Å². The van der Waals surface area contributed by atoms with Crippen molar-refractivity contribution >= 4 is 29.7 Å². The van der Waals surface area contributed by atoms with E-state index in [-0.39, 0.29) is 12.5 Å². The van der Waals surface area contributed by atoms with Crippen molar-refractivity contribution in [3.63, 3.8) is 0 Å². The van der Waals surface area contributed by atoms with Gasteiger partial charge in [-0.1, -0.05) is 29.8 Å². The quantitative estimate of drug-likeness (QED) is 0.565. The van der Waals surface area contributed by atoms with Gasteiger partial charge in [0.05, 0.1) is 31.4 Å². The molecule has 2 aromatic carbocycles. The van der Waals surface area contributed by atoms with Crippen LogP contribution in [0, 0.1) is 0 Å². The Balaban J connectivity index is 1.62. The van der Waals surface area contributed by atoms with Gasteiger partial charge in [0.25, 0.3) is 0 Å². The highest BCUT2D eigenvalue weighted by molar-refractivity contribution is 6.30. The van der Waals surface area contributed by atoms with Crippen molar-refractivity contribution in [2.45, 2.75) is 26.0 Å². The molecule has 4 rings (SSSR count). The number of aryl methyl sites for hydroxylation is 2. The van der Waals surface area contributed by atoms with Crippen molar-refractivity contribution in [2.75, 3.05) is 18.5 Å². The maximum Gasteiger partial charge on any atom is 0.338 e. The number of hydrogen-bond donors (Lipinski definition) is 2. The van der Waals surface area contributed by atoms with E-state index in [1.807, 2.05) is 41.0 Å². The Bertz CT molecular complexity index is 1110. The molecule has 0 spiro atoms. The fourth-order valence-corrected chi connectivity index (χ4v) is 3.67. The molecule has 0 bridgehead atoms. The molecule has 0 aliphatic carbocycles. The standard InChI is InChI=1S/C23H23ClN4O3/c1-2-31-23(30)18-10-15(9-17(11-18)16-3-5-19(24)6-4-16)7-8-28-14-27-21-20(29)12-25-13-26-22(21)28/h3-6,9-11,13-14,20,29H,2,7-8,12H2,1H3,(H,25,26). The number of rotatable bonds is 6. The molecule has 1 unspecified atom stereocenters. The van der Waals surface area contributed by atoms with Crippen molar-refractivity contribution in [1.29, 1.82) is 0 Å². The van der Waals surface area contributed by atoms with E-state index in [0.717, 1.165) is 22.5 Å². The summed E-state index contributed by atoms with van der Waals surface area (Å²) < 4.78 is 7.16. The van der Waals surface area contributed by atoms with Crippen molar-refractivity contribution < 1.29 is 14.6 Å². The minimum absolute atomic E-state index is 0.281. The van der Waals surface area contributed by atoms with E-state index in [9.17, 15) is 9.90 Å². The molecule has 3 aromatic rings. The van der Waals surface area contributed by atoms with E-state index < -0.39 is 6.10 Å². The van der Waals surface area contributed by atoms with Crippen LogP contribution in [0.2, 0.25) is 5.02 Å². The minimum atomic E-state index is -0.730. The van der Waals surface area contributed by atoms with Crippen LogP contribution in [0.1, 0.15) is 34.6 Å². The van der Waals surface area contributed by atoms with Crippen LogP contribution in [-0.2, 0) is 17.7 Å². The number of imidazole rings is 1. The van der Waals surface area contributed by atoms with Crippen LogP contribution in [-0.4, -0.2) is 40.1 Å². The second-order valence-corrected chi connectivity index (χ2v) is 7.66. The number of carbonyl (C=O) groups is 1. The topological polar surface area (TPSA) is 88.7 Å². The maximum atomic E-state index is 12.4. The second kappa shape index (κ2) is 9.32. The van der Waals surface area contributed by atoms with Gasteiger partial charge in [-0.05, 0) is 54.3 Å². The lowest BCUT2D eigenvalue weighted by Gasteiger charge is -2.12. The van der Waals surface area contributed by atoms with E-state index in [0.29, 0.717) is 35.9 Å². The summed E-state index contributed by atoms with van der Waals surface area (Å²) in [5.41, 5.74) is 3.96. The zero-order valence-electron chi connectivity index (χ0n) is 17.1. The van der Waals surface area contributed by atoms with Gasteiger partial charge >= 0.3 is 5.97 Å². The number of aliphatic hydroxyl groups is 1. The average Bonchev–Trinajstić information content (AvgIpc) is 3.09. The first-order valence-corrected chi connectivity index (χ1v) is 10.5. The predicted molar refractivity (Wildman–Crippen MR) is 121 cm³/mol. The number of ether oxygens (including phenoxy) is 1. The fraction of sp³-hybridized carbons (Fsp3) is 0.261. The molecule has 31 heavy (non-hydrogen) atoms. The fourth-order valence-electron chi connectivity index (χ4n) is 3.54. The molecule has 0 radical (unpaired) electrons. The predicted octanol–water partition coefficient (Wildman–Crippen LogP) is 4.11. The normalized spacial score (nSPS) is 15.1. The number of anilines is 1. The summed E-state index contributed by atoms with van der Waals surface area (Å²) in [6.07, 6.45) is 3.21. The molecule has 0 fully saturated rings. The summed E-state index contributed by atoms with van der Waals surface area (Å²) >= 11 is 6.02. The van der Waals surface area contributed by atoms with E-state index in [4.69, 9.17) is 16.3 Å². The highest BCUT2D eigenvalue weighted by Gasteiger charge is 2.20. The third kappa shape index (κ3) is 4.78. The summed E-state index contributed by atoms with van der Waals surface area (Å²) in [5, 5.41) is 13.9. The Morgan fingerprint density at radius 1 is 1.26 bits per heavy atom. The number of fused-ring (bicyclic) bond motifs is 1. The van der Waals surface area contributed by atoms with E-state index in [1.165, 1.54) is 0 Å². The summed E-state index contributed by atoms with van der Waals surface area (Å²) in [6.45, 7) is 3.00. The highest BCUT2D eigenvalue weighted by atomic mass is 35.5. The van der Waals surface area contributed by atoms with Crippen LogP contribution in [0.4, 0.5) is 5.82 Å².